The molecule has 0 fully saturated rings. The molecule has 1 aliphatic heterocycles. The van der Waals surface area contributed by atoms with Crippen LogP contribution in [0.2, 0.25) is 0 Å². The van der Waals surface area contributed by atoms with Gasteiger partial charge in [-0.2, -0.15) is 0 Å². The smallest absolute Gasteiger partial charge is 0.355 e. The summed E-state index contributed by atoms with van der Waals surface area (Å²) < 4.78 is 11.9. The van der Waals surface area contributed by atoms with Crippen LogP contribution < -0.4 is 4.90 Å². The molecule has 0 saturated heterocycles. The standard InChI is InChI=1S/C21H23N3O4/c1-21(2,3)24-13-22-16-12-14(9-10-17(16)24)23-11-7-6-8-15(19(25)27-4)18(23)20(26)28-5/h6-13H,1-5H3. The van der Waals surface area contributed by atoms with E-state index in [4.69, 9.17) is 9.47 Å². The average Bonchev–Trinajstić information content (AvgIpc) is 2.98. The molecular weight excluding hydrogens is 358 g/mol. The van der Waals surface area contributed by atoms with E-state index in [1.807, 2.05) is 18.2 Å². The first kappa shape index (κ1) is 19.4. The van der Waals surface area contributed by atoms with Crippen molar-refractivity contribution in [3.8, 4) is 0 Å². The summed E-state index contributed by atoms with van der Waals surface area (Å²) in [4.78, 5) is 30.9. The second-order valence-electron chi connectivity index (χ2n) is 7.27. The van der Waals surface area contributed by atoms with Gasteiger partial charge in [-0.3, -0.25) is 0 Å². The summed E-state index contributed by atoms with van der Waals surface area (Å²) in [7, 11) is 2.54. The van der Waals surface area contributed by atoms with Gasteiger partial charge in [-0.15, -0.1) is 0 Å². The highest BCUT2D eigenvalue weighted by molar-refractivity contribution is 6.05. The Hall–Kier alpha value is -3.35. The number of hydrogen-bond acceptors (Lipinski definition) is 6. The fourth-order valence-electron chi connectivity index (χ4n) is 3.05. The third-order valence-corrected chi connectivity index (χ3v) is 4.42. The maximum atomic E-state index is 12.5. The monoisotopic (exact) mass is 381 g/mol. The van der Waals surface area contributed by atoms with E-state index < -0.39 is 11.9 Å². The zero-order valence-corrected chi connectivity index (χ0v) is 16.6. The Balaban J connectivity index is 2.17. The lowest BCUT2D eigenvalue weighted by Crippen LogP contribution is -2.27. The Morgan fingerprint density at radius 2 is 1.75 bits per heavy atom. The minimum atomic E-state index is -0.642. The van der Waals surface area contributed by atoms with Crippen molar-refractivity contribution >= 4 is 28.7 Å². The van der Waals surface area contributed by atoms with Crippen LogP contribution in [0, 0.1) is 0 Å². The van der Waals surface area contributed by atoms with Crippen molar-refractivity contribution < 1.29 is 19.1 Å². The minimum Gasteiger partial charge on any atom is -0.465 e. The van der Waals surface area contributed by atoms with Gasteiger partial charge in [0.2, 0.25) is 0 Å². The zero-order chi connectivity index (χ0) is 20.5. The molecule has 0 aliphatic carbocycles. The second-order valence-corrected chi connectivity index (χ2v) is 7.27. The van der Waals surface area contributed by atoms with Crippen LogP contribution in [0.4, 0.5) is 5.69 Å². The third kappa shape index (κ3) is 3.43. The van der Waals surface area contributed by atoms with Crippen LogP contribution in [0.25, 0.3) is 11.0 Å². The van der Waals surface area contributed by atoms with E-state index in [0.717, 1.165) is 11.0 Å². The predicted octanol–water partition coefficient (Wildman–Crippen LogP) is 3.28. The summed E-state index contributed by atoms with van der Waals surface area (Å²) in [5.41, 5.74) is 2.51. The van der Waals surface area contributed by atoms with Gasteiger partial charge in [-0.05, 0) is 51.1 Å². The van der Waals surface area contributed by atoms with Gasteiger partial charge < -0.3 is 18.9 Å². The van der Waals surface area contributed by atoms with Gasteiger partial charge in [0, 0.05) is 17.4 Å². The molecule has 0 radical (unpaired) electrons. The van der Waals surface area contributed by atoms with E-state index in [1.54, 1.807) is 29.6 Å². The summed E-state index contributed by atoms with van der Waals surface area (Å²) in [5, 5.41) is 0. The van der Waals surface area contributed by atoms with E-state index in [0.29, 0.717) is 5.69 Å². The highest BCUT2D eigenvalue weighted by Crippen LogP contribution is 2.30. The van der Waals surface area contributed by atoms with Gasteiger partial charge in [0.15, 0.2) is 0 Å². The molecule has 1 aromatic heterocycles. The number of allylic oxidation sites excluding steroid dienone is 2. The molecule has 0 spiro atoms. The molecule has 28 heavy (non-hydrogen) atoms. The maximum Gasteiger partial charge on any atom is 0.355 e. The molecule has 7 nitrogen and oxygen atoms in total. The van der Waals surface area contributed by atoms with Crippen LogP contribution in [0.1, 0.15) is 20.8 Å². The Kier molecular flexibility index (Phi) is 5.09. The molecule has 3 rings (SSSR count). The molecular formula is C21H23N3O4. The number of imidazole rings is 1. The van der Waals surface area contributed by atoms with Crippen molar-refractivity contribution in [1.82, 2.24) is 9.55 Å². The number of aromatic nitrogens is 2. The number of rotatable bonds is 3. The maximum absolute atomic E-state index is 12.5. The van der Waals surface area contributed by atoms with Crippen molar-refractivity contribution in [2.45, 2.75) is 26.3 Å². The lowest BCUT2D eigenvalue weighted by molar-refractivity contribution is -0.139. The summed E-state index contributed by atoms with van der Waals surface area (Å²) in [6.07, 6.45) is 8.42. The number of fused-ring (bicyclic) bond motifs is 1. The molecule has 7 heteroatoms. The SMILES string of the molecule is COC(=O)C1=C(C(=O)OC)N(c2ccc3c(c2)ncn3C(C)(C)C)C=CC=C1. The molecule has 0 bridgehead atoms. The van der Waals surface area contributed by atoms with Crippen molar-refractivity contribution in [3.63, 3.8) is 0 Å². The quantitative estimate of drug-likeness (QED) is 0.760. The Labute approximate surface area is 163 Å². The molecule has 2 heterocycles. The summed E-state index contributed by atoms with van der Waals surface area (Å²) in [6.45, 7) is 6.31. The number of nitrogens with zero attached hydrogens (tertiary/aromatic N) is 3. The molecule has 0 saturated carbocycles. The normalized spacial score (nSPS) is 14.4. The van der Waals surface area contributed by atoms with Crippen LogP contribution >= 0.6 is 0 Å². The lowest BCUT2D eigenvalue weighted by Gasteiger charge is -2.24. The number of ether oxygens (including phenoxy) is 2. The number of hydrogen-bond donors (Lipinski definition) is 0. The molecule has 1 aromatic carbocycles. The molecule has 146 valence electrons. The zero-order valence-electron chi connectivity index (χ0n) is 16.6. The van der Waals surface area contributed by atoms with Crippen LogP contribution in [0.15, 0.2) is 60.2 Å². The van der Waals surface area contributed by atoms with Crippen molar-refractivity contribution in [1.29, 1.82) is 0 Å². The first-order valence-electron chi connectivity index (χ1n) is 8.80. The van der Waals surface area contributed by atoms with Crippen LogP contribution in [0.5, 0.6) is 0 Å². The summed E-state index contributed by atoms with van der Waals surface area (Å²) in [6, 6.07) is 5.69. The minimum absolute atomic E-state index is 0.0777. The van der Waals surface area contributed by atoms with Gasteiger partial charge >= 0.3 is 11.9 Å². The van der Waals surface area contributed by atoms with Gasteiger partial charge in [-0.1, -0.05) is 6.08 Å². The first-order valence-corrected chi connectivity index (χ1v) is 8.80. The molecule has 2 aromatic rings. The molecule has 0 atom stereocenters. The highest BCUT2D eigenvalue weighted by Gasteiger charge is 2.28. The van der Waals surface area contributed by atoms with Crippen LogP contribution in [-0.4, -0.2) is 35.7 Å². The number of esters is 2. The summed E-state index contributed by atoms with van der Waals surface area (Å²) >= 11 is 0. The Bertz CT molecular complexity index is 1020. The number of benzene rings is 1. The van der Waals surface area contributed by atoms with Crippen molar-refractivity contribution in [3.05, 3.63) is 60.2 Å². The predicted molar refractivity (Wildman–Crippen MR) is 107 cm³/mol. The largest absolute Gasteiger partial charge is 0.465 e. The van der Waals surface area contributed by atoms with Crippen molar-refractivity contribution in [2.24, 2.45) is 0 Å². The van der Waals surface area contributed by atoms with Gasteiger partial charge in [-0.25, -0.2) is 14.6 Å². The molecule has 1 aliphatic rings. The fourth-order valence-corrected chi connectivity index (χ4v) is 3.05. The third-order valence-electron chi connectivity index (χ3n) is 4.42. The average molecular weight is 381 g/mol. The van der Waals surface area contributed by atoms with E-state index in [2.05, 4.69) is 30.3 Å². The number of carbonyl (C=O) groups is 2. The number of carbonyl (C=O) groups excluding carboxylic acids is 2. The van der Waals surface area contributed by atoms with Gasteiger partial charge in [0.05, 0.1) is 37.2 Å². The van der Waals surface area contributed by atoms with Crippen molar-refractivity contribution in [2.75, 3.05) is 19.1 Å². The van der Waals surface area contributed by atoms with E-state index in [1.165, 1.54) is 20.3 Å². The second kappa shape index (κ2) is 7.34. The summed E-state index contributed by atoms with van der Waals surface area (Å²) in [5.74, 6) is -1.26. The van der Waals surface area contributed by atoms with Crippen LogP contribution in [-0.2, 0) is 24.6 Å². The van der Waals surface area contributed by atoms with Crippen LogP contribution in [0.3, 0.4) is 0 Å². The van der Waals surface area contributed by atoms with E-state index in [9.17, 15) is 9.59 Å². The molecule has 0 unspecified atom stereocenters. The van der Waals surface area contributed by atoms with Gasteiger partial charge in [0.25, 0.3) is 0 Å². The Morgan fingerprint density at radius 1 is 1.04 bits per heavy atom. The van der Waals surface area contributed by atoms with E-state index in [-0.39, 0.29) is 16.8 Å². The topological polar surface area (TPSA) is 73.7 Å². The molecule has 0 amide bonds. The number of methoxy groups -OCH3 is 2. The fraction of sp³-hybridized carbons (Fsp3) is 0.286. The molecule has 0 N–H and O–H groups in total. The highest BCUT2D eigenvalue weighted by atomic mass is 16.5. The number of anilines is 1. The van der Waals surface area contributed by atoms with Gasteiger partial charge in [0.1, 0.15) is 5.70 Å². The Morgan fingerprint density at radius 3 is 2.39 bits per heavy atom. The van der Waals surface area contributed by atoms with E-state index >= 15 is 0 Å². The first-order chi connectivity index (χ1) is 13.3. The lowest BCUT2D eigenvalue weighted by atomic mass is 10.1.